The summed E-state index contributed by atoms with van der Waals surface area (Å²) in [6.07, 6.45) is 2.16. The number of nitrogens with one attached hydrogen (secondary N) is 2. The molecule has 9 heteroatoms. The van der Waals surface area contributed by atoms with Crippen LogP contribution in [0.2, 0.25) is 10.0 Å². The summed E-state index contributed by atoms with van der Waals surface area (Å²) >= 11 is 11.9. The normalized spacial score (nSPS) is 19.5. The van der Waals surface area contributed by atoms with Gasteiger partial charge in [0.05, 0.1) is 21.6 Å². The lowest BCUT2D eigenvalue weighted by molar-refractivity contribution is 0.602. The molecule has 0 amide bonds. The highest BCUT2D eigenvalue weighted by atomic mass is 35.5. The number of hydrogen-bond acceptors (Lipinski definition) is 6. The van der Waals surface area contributed by atoms with E-state index in [2.05, 4.69) is 20.6 Å². The van der Waals surface area contributed by atoms with Crippen molar-refractivity contribution in [3.05, 3.63) is 40.5 Å². The van der Waals surface area contributed by atoms with E-state index < -0.39 is 9.84 Å². The van der Waals surface area contributed by atoms with Gasteiger partial charge in [-0.1, -0.05) is 23.2 Å². The lowest BCUT2D eigenvalue weighted by Crippen LogP contribution is -2.22. The molecule has 2 heterocycles. The molecule has 0 radical (unpaired) electrons. The maximum atomic E-state index is 11.5. The summed E-state index contributed by atoms with van der Waals surface area (Å²) in [5, 5.41) is 7.08. The molecule has 3 rings (SSSR count). The lowest BCUT2D eigenvalue weighted by Gasteiger charge is -2.12. The number of halogens is 2. The zero-order chi connectivity index (χ0) is 16.4. The number of benzene rings is 1. The third-order valence-electron chi connectivity index (χ3n) is 3.41. The van der Waals surface area contributed by atoms with Gasteiger partial charge in [0.2, 0.25) is 5.95 Å². The maximum Gasteiger partial charge on any atom is 0.224 e. The second-order valence-electron chi connectivity index (χ2n) is 5.26. The Morgan fingerprint density at radius 1 is 1.17 bits per heavy atom. The maximum absolute atomic E-state index is 11.5. The summed E-state index contributed by atoms with van der Waals surface area (Å²) in [6.45, 7) is 0. The van der Waals surface area contributed by atoms with Crippen LogP contribution in [0.3, 0.4) is 0 Å². The fraction of sp³-hybridized carbons (Fsp3) is 0.286. The van der Waals surface area contributed by atoms with Gasteiger partial charge in [-0.15, -0.1) is 0 Å². The van der Waals surface area contributed by atoms with E-state index in [0.717, 1.165) is 5.69 Å². The summed E-state index contributed by atoms with van der Waals surface area (Å²) in [4.78, 5) is 8.45. The molecule has 1 atom stereocenters. The second-order valence-corrected chi connectivity index (χ2v) is 8.31. The Balaban J connectivity index is 1.71. The van der Waals surface area contributed by atoms with Crippen molar-refractivity contribution >= 4 is 50.5 Å². The largest absolute Gasteiger partial charge is 0.350 e. The van der Waals surface area contributed by atoms with Crippen molar-refractivity contribution in [1.29, 1.82) is 0 Å². The Morgan fingerprint density at radius 2 is 2.00 bits per heavy atom. The molecule has 1 saturated heterocycles. The molecule has 2 aromatic rings. The fourth-order valence-electron chi connectivity index (χ4n) is 2.31. The SMILES string of the molecule is O=S1(=O)CCC(Nc2nccc(Nc3ccc(Cl)c(Cl)c3)n2)C1. The second kappa shape index (κ2) is 6.51. The van der Waals surface area contributed by atoms with Gasteiger partial charge in [0, 0.05) is 17.9 Å². The van der Waals surface area contributed by atoms with Gasteiger partial charge in [-0.2, -0.15) is 4.98 Å². The standard InChI is InChI=1S/C14H14Cl2N4O2S/c15-11-2-1-9(7-12(11)16)18-13-3-5-17-14(20-13)19-10-4-6-23(21,22)8-10/h1-3,5,7,10H,4,6,8H2,(H2,17,18,19,20). The Morgan fingerprint density at radius 3 is 2.70 bits per heavy atom. The molecule has 1 unspecified atom stereocenters. The van der Waals surface area contributed by atoms with Crippen molar-refractivity contribution in [1.82, 2.24) is 9.97 Å². The molecule has 1 fully saturated rings. The third kappa shape index (κ3) is 4.25. The number of rotatable bonds is 4. The van der Waals surface area contributed by atoms with Gasteiger partial charge in [-0.25, -0.2) is 13.4 Å². The summed E-state index contributed by atoms with van der Waals surface area (Å²) in [6, 6.07) is 6.73. The molecule has 6 nitrogen and oxygen atoms in total. The highest BCUT2D eigenvalue weighted by Gasteiger charge is 2.28. The zero-order valence-electron chi connectivity index (χ0n) is 12.0. The van der Waals surface area contributed by atoms with Crippen LogP contribution in [-0.2, 0) is 9.84 Å². The molecule has 1 aliphatic rings. The molecular formula is C14H14Cl2N4O2S. The zero-order valence-corrected chi connectivity index (χ0v) is 14.3. The highest BCUT2D eigenvalue weighted by Crippen LogP contribution is 2.26. The molecule has 0 aliphatic carbocycles. The van der Waals surface area contributed by atoms with E-state index in [1.165, 1.54) is 0 Å². The quantitative estimate of drug-likeness (QED) is 0.857. The van der Waals surface area contributed by atoms with Gasteiger partial charge in [0.25, 0.3) is 0 Å². The van der Waals surface area contributed by atoms with E-state index >= 15 is 0 Å². The van der Waals surface area contributed by atoms with Gasteiger partial charge in [-0.05, 0) is 30.7 Å². The summed E-state index contributed by atoms with van der Waals surface area (Å²) < 4.78 is 23.0. The molecule has 0 spiro atoms. The van der Waals surface area contributed by atoms with Gasteiger partial charge < -0.3 is 10.6 Å². The number of nitrogens with zero attached hydrogens (tertiary/aromatic N) is 2. The molecule has 23 heavy (non-hydrogen) atoms. The molecule has 0 saturated carbocycles. The molecule has 1 aromatic heterocycles. The average Bonchev–Trinajstić information content (AvgIpc) is 2.82. The van der Waals surface area contributed by atoms with Crippen LogP contribution >= 0.6 is 23.2 Å². The predicted molar refractivity (Wildman–Crippen MR) is 92.5 cm³/mol. The highest BCUT2D eigenvalue weighted by molar-refractivity contribution is 7.91. The first-order valence-corrected chi connectivity index (χ1v) is 9.51. The monoisotopic (exact) mass is 372 g/mol. The van der Waals surface area contributed by atoms with E-state index in [4.69, 9.17) is 23.2 Å². The van der Waals surface area contributed by atoms with Crippen LogP contribution in [-0.4, -0.2) is 35.9 Å². The third-order valence-corrected chi connectivity index (χ3v) is 5.92. The molecular weight excluding hydrogens is 359 g/mol. The average molecular weight is 373 g/mol. The van der Waals surface area contributed by atoms with E-state index in [1.54, 1.807) is 30.5 Å². The summed E-state index contributed by atoms with van der Waals surface area (Å²) in [5.74, 6) is 1.27. The minimum atomic E-state index is -2.94. The van der Waals surface area contributed by atoms with Crippen LogP contribution in [0.25, 0.3) is 0 Å². The van der Waals surface area contributed by atoms with Gasteiger partial charge in [0.1, 0.15) is 5.82 Å². The summed E-state index contributed by atoms with van der Waals surface area (Å²) in [7, 11) is -2.94. The van der Waals surface area contributed by atoms with Crippen molar-refractivity contribution < 1.29 is 8.42 Å². The summed E-state index contributed by atoms with van der Waals surface area (Å²) in [5.41, 5.74) is 0.743. The minimum absolute atomic E-state index is 0.112. The van der Waals surface area contributed by atoms with E-state index in [-0.39, 0.29) is 17.5 Å². The molecule has 0 bridgehead atoms. The van der Waals surface area contributed by atoms with E-state index in [9.17, 15) is 8.42 Å². The first kappa shape index (κ1) is 16.3. The van der Waals surface area contributed by atoms with Crippen LogP contribution < -0.4 is 10.6 Å². The Hall–Kier alpha value is -1.57. The Labute approximate surface area is 144 Å². The van der Waals surface area contributed by atoms with Crippen LogP contribution in [0, 0.1) is 0 Å². The molecule has 1 aromatic carbocycles. The van der Waals surface area contributed by atoms with Crippen molar-refractivity contribution in [3.8, 4) is 0 Å². The first-order chi connectivity index (χ1) is 10.9. The van der Waals surface area contributed by atoms with Crippen LogP contribution in [0.4, 0.5) is 17.5 Å². The van der Waals surface area contributed by atoms with Crippen molar-refractivity contribution in [2.45, 2.75) is 12.5 Å². The molecule has 1 aliphatic heterocycles. The smallest absolute Gasteiger partial charge is 0.224 e. The number of sulfone groups is 1. The van der Waals surface area contributed by atoms with Crippen molar-refractivity contribution in [2.75, 3.05) is 22.1 Å². The van der Waals surface area contributed by atoms with E-state index in [1.807, 2.05) is 0 Å². The van der Waals surface area contributed by atoms with Crippen molar-refractivity contribution in [2.24, 2.45) is 0 Å². The number of anilines is 3. The van der Waals surface area contributed by atoms with Gasteiger partial charge in [-0.3, -0.25) is 0 Å². The van der Waals surface area contributed by atoms with Crippen LogP contribution in [0.1, 0.15) is 6.42 Å². The predicted octanol–water partition coefficient (Wildman–Crippen LogP) is 3.13. The van der Waals surface area contributed by atoms with Crippen LogP contribution in [0.15, 0.2) is 30.5 Å². The number of hydrogen-bond donors (Lipinski definition) is 2. The number of aromatic nitrogens is 2. The van der Waals surface area contributed by atoms with Gasteiger partial charge in [0.15, 0.2) is 9.84 Å². The van der Waals surface area contributed by atoms with Gasteiger partial charge >= 0.3 is 0 Å². The van der Waals surface area contributed by atoms with E-state index in [0.29, 0.717) is 28.2 Å². The lowest BCUT2D eigenvalue weighted by atomic mass is 10.3. The molecule has 2 N–H and O–H groups in total. The first-order valence-electron chi connectivity index (χ1n) is 6.93. The van der Waals surface area contributed by atoms with Crippen LogP contribution in [0.5, 0.6) is 0 Å². The Bertz CT molecular complexity index is 829. The van der Waals surface area contributed by atoms with Crippen molar-refractivity contribution in [3.63, 3.8) is 0 Å². The molecule has 122 valence electrons. The topological polar surface area (TPSA) is 84.0 Å². The Kier molecular flexibility index (Phi) is 4.61. The minimum Gasteiger partial charge on any atom is -0.350 e. The fourth-order valence-corrected chi connectivity index (χ4v) is 4.28.